The zero-order chi connectivity index (χ0) is 6.97. The van der Waals surface area contributed by atoms with Gasteiger partial charge in [0.2, 0.25) is 0 Å². The Morgan fingerprint density at radius 3 is 2.40 bits per heavy atom. The molecule has 0 fully saturated rings. The standard InChI is InChI=1S/C9H10Ge/c1-8-4-2-3-5-9(8)10-6-7-10/h2-7,10H,1H3. The Kier molecular flexibility index (Phi) is 1.42. The molecule has 0 unspecified atom stereocenters. The van der Waals surface area contributed by atoms with Crippen molar-refractivity contribution in [3.8, 4) is 0 Å². The van der Waals surface area contributed by atoms with E-state index in [2.05, 4.69) is 41.0 Å². The van der Waals surface area contributed by atoms with Crippen molar-refractivity contribution in [2.24, 2.45) is 0 Å². The molecule has 0 nitrogen and oxygen atoms in total. The first-order valence-corrected chi connectivity index (χ1v) is 7.62. The van der Waals surface area contributed by atoms with E-state index >= 15 is 0 Å². The van der Waals surface area contributed by atoms with Crippen molar-refractivity contribution in [3.63, 3.8) is 0 Å². The van der Waals surface area contributed by atoms with Crippen LogP contribution in [0.5, 0.6) is 0 Å². The van der Waals surface area contributed by atoms with Gasteiger partial charge in [-0.1, -0.05) is 0 Å². The van der Waals surface area contributed by atoms with E-state index in [4.69, 9.17) is 0 Å². The molecule has 1 aromatic carbocycles. The van der Waals surface area contributed by atoms with Gasteiger partial charge in [0.05, 0.1) is 0 Å². The molecule has 1 heterocycles. The molecule has 0 saturated heterocycles. The van der Waals surface area contributed by atoms with E-state index in [9.17, 15) is 0 Å². The first-order valence-electron chi connectivity index (χ1n) is 3.62. The molecule has 50 valence electrons. The molecule has 0 spiro atoms. The Morgan fingerprint density at radius 1 is 1.10 bits per heavy atom. The van der Waals surface area contributed by atoms with Crippen LogP contribution in [-0.4, -0.2) is 14.3 Å². The topological polar surface area (TPSA) is 0 Å². The van der Waals surface area contributed by atoms with Crippen LogP contribution in [0.4, 0.5) is 0 Å². The minimum atomic E-state index is -0.996. The van der Waals surface area contributed by atoms with Crippen LogP contribution < -0.4 is 4.40 Å². The van der Waals surface area contributed by atoms with Crippen LogP contribution >= 0.6 is 0 Å². The molecule has 1 heteroatoms. The third-order valence-corrected chi connectivity index (χ3v) is 6.41. The summed E-state index contributed by atoms with van der Waals surface area (Å²) in [6, 6.07) is 8.75. The quantitative estimate of drug-likeness (QED) is 0.582. The Bertz CT molecular complexity index is 270. The average Bonchev–Trinajstić information content (AvgIpc) is 2.71. The predicted molar refractivity (Wildman–Crippen MR) is 47.1 cm³/mol. The van der Waals surface area contributed by atoms with Crippen LogP contribution in [0.1, 0.15) is 5.56 Å². The summed E-state index contributed by atoms with van der Waals surface area (Å²) >= 11 is -0.996. The fourth-order valence-corrected chi connectivity index (χ4v) is 5.54. The average molecular weight is 191 g/mol. The van der Waals surface area contributed by atoms with E-state index in [1.807, 2.05) is 0 Å². The van der Waals surface area contributed by atoms with Crippen molar-refractivity contribution in [3.05, 3.63) is 39.6 Å². The summed E-state index contributed by atoms with van der Waals surface area (Å²) in [4.78, 5) is 4.82. The van der Waals surface area contributed by atoms with Gasteiger partial charge in [0.25, 0.3) is 0 Å². The first kappa shape index (κ1) is 6.23. The third-order valence-electron chi connectivity index (χ3n) is 1.93. The minimum absolute atomic E-state index is 0.996. The van der Waals surface area contributed by atoms with Gasteiger partial charge in [-0.05, 0) is 0 Å². The third kappa shape index (κ3) is 1.04. The molecular weight excluding hydrogens is 181 g/mol. The molecule has 1 aliphatic rings. The van der Waals surface area contributed by atoms with Crippen molar-refractivity contribution in [2.45, 2.75) is 6.92 Å². The molecule has 0 aliphatic carbocycles. The van der Waals surface area contributed by atoms with Crippen molar-refractivity contribution in [1.29, 1.82) is 0 Å². The fraction of sp³-hybridized carbons (Fsp3) is 0.111. The van der Waals surface area contributed by atoms with Gasteiger partial charge >= 0.3 is 65.3 Å². The van der Waals surface area contributed by atoms with Crippen LogP contribution in [0.3, 0.4) is 0 Å². The maximum absolute atomic E-state index is 2.41. The van der Waals surface area contributed by atoms with Gasteiger partial charge in [0.15, 0.2) is 0 Å². The molecule has 2 rings (SSSR count). The second-order valence-electron chi connectivity index (χ2n) is 2.77. The normalized spacial score (nSPS) is 15.7. The van der Waals surface area contributed by atoms with E-state index in [-0.39, 0.29) is 0 Å². The molecule has 0 atom stereocenters. The van der Waals surface area contributed by atoms with E-state index in [1.165, 1.54) is 5.56 Å². The Balaban J connectivity index is 2.39. The molecule has 0 aromatic heterocycles. The van der Waals surface area contributed by atoms with Gasteiger partial charge < -0.3 is 0 Å². The summed E-state index contributed by atoms with van der Waals surface area (Å²) in [5, 5.41) is 0. The van der Waals surface area contributed by atoms with Crippen LogP contribution in [0.2, 0.25) is 0 Å². The number of hydrogen-bond acceptors (Lipinski definition) is 0. The predicted octanol–water partition coefficient (Wildman–Crippen LogP) is 1.08. The van der Waals surface area contributed by atoms with Crippen LogP contribution in [0.25, 0.3) is 0 Å². The van der Waals surface area contributed by atoms with Gasteiger partial charge in [0, 0.05) is 0 Å². The van der Waals surface area contributed by atoms with E-state index < -0.39 is 14.3 Å². The van der Waals surface area contributed by atoms with Gasteiger partial charge in [-0.25, -0.2) is 0 Å². The molecule has 0 radical (unpaired) electrons. The van der Waals surface area contributed by atoms with Crippen LogP contribution in [0, 0.1) is 6.92 Å². The molecular formula is C9H10Ge. The number of rotatable bonds is 1. The zero-order valence-electron chi connectivity index (χ0n) is 6.04. The Labute approximate surface area is 65.7 Å². The number of hydrogen-bond donors (Lipinski definition) is 0. The molecule has 0 bridgehead atoms. The summed E-state index contributed by atoms with van der Waals surface area (Å²) in [7, 11) is 0. The second-order valence-corrected chi connectivity index (χ2v) is 7.89. The summed E-state index contributed by atoms with van der Waals surface area (Å²) in [6.45, 7) is 2.21. The number of aryl methyl sites for hydroxylation is 1. The SMILES string of the molecule is Cc1cccc[c]1[GeH]1[CH]=[CH]1. The van der Waals surface area contributed by atoms with Crippen LogP contribution in [-0.2, 0) is 0 Å². The Morgan fingerprint density at radius 2 is 1.80 bits per heavy atom. The summed E-state index contributed by atoms with van der Waals surface area (Å²) in [5.41, 5.74) is 1.48. The van der Waals surface area contributed by atoms with E-state index in [1.54, 1.807) is 4.40 Å². The molecule has 0 saturated carbocycles. The molecule has 0 amide bonds. The Hall–Kier alpha value is -0.497. The van der Waals surface area contributed by atoms with Gasteiger partial charge in [-0.2, -0.15) is 0 Å². The molecule has 0 N–H and O–H groups in total. The van der Waals surface area contributed by atoms with Crippen molar-refractivity contribution >= 4 is 18.7 Å². The van der Waals surface area contributed by atoms with Crippen molar-refractivity contribution < 1.29 is 0 Å². The zero-order valence-corrected chi connectivity index (χ0v) is 8.46. The first-order chi connectivity index (χ1) is 4.88. The molecule has 1 aliphatic heterocycles. The van der Waals surface area contributed by atoms with Crippen molar-refractivity contribution in [1.82, 2.24) is 0 Å². The molecule has 1 aromatic rings. The number of benzene rings is 1. The van der Waals surface area contributed by atoms with E-state index in [0.717, 1.165) is 0 Å². The summed E-state index contributed by atoms with van der Waals surface area (Å²) < 4.78 is 1.65. The van der Waals surface area contributed by atoms with Gasteiger partial charge in [0.1, 0.15) is 0 Å². The van der Waals surface area contributed by atoms with Gasteiger partial charge in [-0.15, -0.1) is 0 Å². The summed E-state index contributed by atoms with van der Waals surface area (Å²) in [6.07, 6.45) is 0. The van der Waals surface area contributed by atoms with Crippen molar-refractivity contribution in [2.75, 3.05) is 0 Å². The van der Waals surface area contributed by atoms with Crippen LogP contribution in [0.15, 0.2) is 34.1 Å². The van der Waals surface area contributed by atoms with E-state index in [0.29, 0.717) is 0 Å². The maximum atomic E-state index is 2.41. The van der Waals surface area contributed by atoms with Gasteiger partial charge in [-0.3, -0.25) is 0 Å². The fourth-order valence-electron chi connectivity index (χ4n) is 1.22. The second kappa shape index (κ2) is 2.28. The monoisotopic (exact) mass is 192 g/mol. The summed E-state index contributed by atoms with van der Waals surface area (Å²) in [5.74, 6) is 0. The molecule has 10 heavy (non-hydrogen) atoms.